The molecule has 2 atom stereocenters. The van der Waals surface area contributed by atoms with Crippen LogP contribution in [-0.4, -0.2) is 13.2 Å². The van der Waals surface area contributed by atoms with E-state index in [1.807, 2.05) is 11.4 Å². The van der Waals surface area contributed by atoms with E-state index in [1.165, 1.54) is 0 Å². The Morgan fingerprint density at radius 2 is 2.14 bits per heavy atom. The number of rotatable bonds is 4. The van der Waals surface area contributed by atoms with Crippen LogP contribution in [0.4, 0.5) is 0 Å². The smallest absolute Gasteiger partial charge is 0.0795 e. The number of ether oxygens (including phenoxy) is 1. The zero-order valence-electron chi connectivity index (χ0n) is 8.66. The van der Waals surface area contributed by atoms with Gasteiger partial charge in [-0.2, -0.15) is 0 Å². The first kappa shape index (κ1) is 12.2. The fraction of sp³-hybridized carbons (Fsp3) is 0.600. The average molecular weight is 278 g/mol. The summed E-state index contributed by atoms with van der Waals surface area (Å²) < 4.78 is 6.49. The first-order valence-corrected chi connectivity index (χ1v) is 6.26. The lowest BCUT2D eigenvalue weighted by molar-refractivity contribution is 0.0444. The van der Waals surface area contributed by atoms with Gasteiger partial charge in [-0.25, -0.2) is 0 Å². The predicted octanol–water partition coefficient (Wildman–Crippen LogP) is 3.18. The van der Waals surface area contributed by atoms with E-state index in [0.29, 0.717) is 5.92 Å². The van der Waals surface area contributed by atoms with Crippen molar-refractivity contribution in [2.75, 3.05) is 7.11 Å². The molecule has 1 rings (SSSR count). The minimum atomic E-state index is -0.0469. The second-order valence-electron chi connectivity index (χ2n) is 3.60. The van der Waals surface area contributed by atoms with Gasteiger partial charge in [0.2, 0.25) is 0 Å². The van der Waals surface area contributed by atoms with Crippen molar-refractivity contribution in [2.24, 2.45) is 11.7 Å². The minimum Gasteiger partial charge on any atom is -0.379 e. The lowest BCUT2D eigenvalue weighted by Gasteiger charge is -2.25. The van der Waals surface area contributed by atoms with Crippen molar-refractivity contribution in [1.82, 2.24) is 0 Å². The predicted molar refractivity (Wildman–Crippen MR) is 64.6 cm³/mol. The molecule has 0 aliphatic carbocycles. The van der Waals surface area contributed by atoms with Crippen molar-refractivity contribution < 1.29 is 4.74 Å². The number of thiophene rings is 1. The Balaban J connectivity index is 2.83. The zero-order valence-corrected chi connectivity index (χ0v) is 11.1. The van der Waals surface area contributed by atoms with Crippen LogP contribution in [0.15, 0.2) is 15.9 Å². The van der Waals surface area contributed by atoms with Crippen LogP contribution in [0.2, 0.25) is 0 Å². The van der Waals surface area contributed by atoms with Gasteiger partial charge in [-0.15, -0.1) is 11.3 Å². The Labute approximate surface area is 97.6 Å². The molecule has 0 amide bonds. The first-order valence-electron chi connectivity index (χ1n) is 4.59. The van der Waals surface area contributed by atoms with E-state index >= 15 is 0 Å². The van der Waals surface area contributed by atoms with Crippen LogP contribution in [0.25, 0.3) is 0 Å². The van der Waals surface area contributed by atoms with E-state index in [1.54, 1.807) is 18.4 Å². The second-order valence-corrected chi connectivity index (χ2v) is 5.40. The SMILES string of the molecule is COC(C(C)C)C(N)c1sccc1Br. The Hall–Kier alpha value is 0.100. The molecule has 0 radical (unpaired) electrons. The molecule has 4 heteroatoms. The molecule has 0 fully saturated rings. The molecular formula is C10H16BrNOS. The van der Waals surface area contributed by atoms with Gasteiger partial charge in [-0.3, -0.25) is 0 Å². The van der Waals surface area contributed by atoms with Gasteiger partial charge in [0.25, 0.3) is 0 Å². The molecule has 0 aliphatic rings. The Kier molecular flexibility index (Phi) is 4.57. The number of hydrogen-bond acceptors (Lipinski definition) is 3. The topological polar surface area (TPSA) is 35.2 Å². The molecule has 2 nitrogen and oxygen atoms in total. The van der Waals surface area contributed by atoms with Crippen LogP contribution in [0.3, 0.4) is 0 Å². The van der Waals surface area contributed by atoms with Gasteiger partial charge in [-0.1, -0.05) is 13.8 Å². The van der Waals surface area contributed by atoms with Crippen LogP contribution >= 0.6 is 27.3 Å². The Morgan fingerprint density at radius 1 is 1.50 bits per heavy atom. The van der Waals surface area contributed by atoms with Crippen LogP contribution in [0.5, 0.6) is 0 Å². The summed E-state index contributed by atoms with van der Waals surface area (Å²) in [5.41, 5.74) is 6.15. The summed E-state index contributed by atoms with van der Waals surface area (Å²) in [4.78, 5) is 1.16. The van der Waals surface area contributed by atoms with E-state index in [9.17, 15) is 0 Å². The maximum absolute atomic E-state index is 6.15. The highest BCUT2D eigenvalue weighted by atomic mass is 79.9. The lowest BCUT2D eigenvalue weighted by Crippen LogP contribution is -2.32. The molecule has 0 spiro atoms. The summed E-state index contributed by atoms with van der Waals surface area (Å²) in [6.45, 7) is 4.24. The summed E-state index contributed by atoms with van der Waals surface area (Å²) in [5, 5.41) is 2.03. The monoisotopic (exact) mass is 277 g/mol. The van der Waals surface area contributed by atoms with Crippen LogP contribution in [0.1, 0.15) is 24.8 Å². The highest BCUT2D eigenvalue weighted by Crippen LogP contribution is 2.32. The van der Waals surface area contributed by atoms with E-state index < -0.39 is 0 Å². The summed E-state index contributed by atoms with van der Waals surface area (Å²) in [6.07, 6.45) is 0.0740. The second kappa shape index (κ2) is 5.26. The van der Waals surface area contributed by atoms with Crippen molar-refractivity contribution in [1.29, 1.82) is 0 Å². The first-order chi connectivity index (χ1) is 6.57. The fourth-order valence-corrected chi connectivity index (χ4v) is 3.20. The van der Waals surface area contributed by atoms with E-state index in [2.05, 4.69) is 29.8 Å². The number of halogens is 1. The quantitative estimate of drug-likeness (QED) is 0.918. The Bertz CT molecular complexity index is 287. The van der Waals surface area contributed by atoms with Crippen molar-refractivity contribution in [2.45, 2.75) is 26.0 Å². The van der Waals surface area contributed by atoms with E-state index in [-0.39, 0.29) is 12.1 Å². The number of methoxy groups -OCH3 is 1. The molecule has 14 heavy (non-hydrogen) atoms. The summed E-state index contributed by atoms with van der Waals surface area (Å²) in [7, 11) is 1.71. The number of nitrogens with two attached hydrogens (primary N) is 1. The third-order valence-electron chi connectivity index (χ3n) is 2.23. The highest BCUT2D eigenvalue weighted by Gasteiger charge is 2.24. The molecule has 2 unspecified atom stereocenters. The van der Waals surface area contributed by atoms with Gasteiger partial charge in [0.15, 0.2) is 0 Å². The van der Waals surface area contributed by atoms with E-state index in [0.717, 1.165) is 9.35 Å². The summed E-state index contributed by atoms with van der Waals surface area (Å²) in [5.74, 6) is 0.420. The molecule has 1 aromatic rings. The van der Waals surface area contributed by atoms with Gasteiger partial charge in [0.05, 0.1) is 12.1 Å². The molecule has 0 bridgehead atoms. The Morgan fingerprint density at radius 3 is 2.50 bits per heavy atom. The average Bonchev–Trinajstić information content (AvgIpc) is 2.51. The third kappa shape index (κ3) is 2.57. The minimum absolute atomic E-state index is 0.0469. The number of hydrogen-bond donors (Lipinski definition) is 1. The molecular weight excluding hydrogens is 262 g/mol. The largest absolute Gasteiger partial charge is 0.379 e. The molecule has 1 aromatic heterocycles. The van der Waals surface area contributed by atoms with Gasteiger partial charge in [0, 0.05) is 16.5 Å². The third-order valence-corrected chi connectivity index (χ3v) is 4.20. The van der Waals surface area contributed by atoms with Gasteiger partial charge >= 0.3 is 0 Å². The van der Waals surface area contributed by atoms with Crippen LogP contribution < -0.4 is 5.73 Å². The molecule has 80 valence electrons. The molecule has 2 N–H and O–H groups in total. The van der Waals surface area contributed by atoms with Crippen LogP contribution in [0, 0.1) is 5.92 Å². The molecule has 1 heterocycles. The zero-order chi connectivity index (χ0) is 10.7. The standard InChI is InChI=1S/C10H16BrNOS/c1-6(2)9(13-3)8(12)10-7(11)4-5-14-10/h4-6,8-9H,12H2,1-3H3. The van der Waals surface area contributed by atoms with Gasteiger partial charge < -0.3 is 10.5 Å². The van der Waals surface area contributed by atoms with Crippen LogP contribution in [-0.2, 0) is 4.74 Å². The van der Waals surface area contributed by atoms with Crippen molar-refractivity contribution in [3.63, 3.8) is 0 Å². The highest BCUT2D eigenvalue weighted by molar-refractivity contribution is 9.10. The van der Waals surface area contributed by atoms with Crippen molar-refractivity contribution >= 4 is 27.3 Å². The molecule has 0 saturated carbocycles. The lowest BCUT2D eigenvalue weighted by atomic mass is 9.99. The molecule has 0 saturated heterocycles. The van der Waals surface area contributed by atoms with Crippen molar-refractivity contribution in [3.8, 4) is 0 Å². The summed E-state index contributed by atoms with van der Waals surface area (Å²) in [6, 6.07) is 1.97. The summed E-state index contributed by atoms with van der Waals surface area (Å²) >= 11 is 5.16. The van der Waals surface area contributed by atoms with E-state index in [4.69, 9.17) is 10.5 Å². The fourth-order valence-electron chi connectivity index (χ4n) is 1.53. The molecule has 0 aliphatic heterocycles. The van der Waals surface area contributed by atoms with Crippen molar-refractivity contribution in [3.05, 3.63) is 20.8 Å². The molecule has 0 aromatic carbocycles. The maximum atomic E-state index is 6.15. The normalized spacial score (nSPS) is 15.9. The van der Waals surface area contributed by atoms with Gasteiger partial charge in [0.1, 0.15) is 0 Å². The maximum Gasteiger partial charge on any atom is 0.0795 e. The van der Waals surface area contributed by atoms with Gasteiger partial charge in [-0.05, 0) is 33.3 Å².